The van der Waals surface area contributed by atoms with Gasteiger partial charge < -0.3 is 24.3 Å². The van der Waals surface area contributed by atoms with E-state index in [2.05, 4.69) is 5.32 Å². The van der Waals surface area contributed by atoms with Crippen molar-refractivity contribution in [2.24, 2.45) is 0 Å². The van der Waals surface area contributed by atoms with Crippen molar-refractivity contribution in [2.45, 2.75) is 26.4 Å². The van der Waals surface area contributed by atoms with Gasteiger partial charge in [-0.1, -0.05) is 0 Å². The molecule has 0 saturated heterocycles. The predicted molar refractivity (Wildman–Crippen MR) is 90.2 cm³/mol. The summed E-state index contributed by atoms with van der Waals surface area (Å²) in [5, 5.41) is 11.6. The van der Waals surface area contributed by atoms with Crippen LogP contribution < -0.4 is 14.8 Å². The van der Waals surface area contributed by atoms with Crippen LogP contribution >= 0.6 is 0 Å². The molecule has 0 aliphatic carbocycles. The number of carboxylic acid groups (broad SMARTS) is 1. The molecule has 0 spiro atoms. The highest BCUT2D eigenvalue weighted by atomic mass is 16.5. The van der Waals surface area contributed by atoms with Crippen LogP contribution in [0.1, 0.15) is 28.6 Å². The van der Waals surface area contributed by atoms with Gasteiger partial charge in [0.15, 0.2) is 0 Å². The number of carbonyl (C=O) groups is 2. The molecule has 0 aliphatic heterocycles. The van der Waals surface area contributed by atoms with Gasteiger partial charge in [-0.25, -0.2) is 0 Å². The Hall–Kier alpha value is -2.96. The van der Waals surface area contributed by atoms with Gasteiger partial charge in [-0.2, -0.15) is 0 Å². The Morgan fingerprint density at radius 2 is 1.88 bits per heavy atom. The van der Waals surface area contributed by atoms with Crippen LogP contribution in [0.5, 0.6) is 11.5 Å². The van der Waals surface area contributed by atoms with E-state index in [1.165, 1.54) is 6.26 Å². The number of aryl methyl sites for hydroxylation is 1. The highest BCUT2D eigenvalue weighted by molar-refractivity contribution is 5.97. The summed E-state index contributed by atoms with van der Waals surface area (Å²) in [6.07, 6.45) is 0.770. The van der Waals surface area contributed by atoms with Crippen molar-refractivity contribution in [1.82, 2.24) is 5.32 Å². The first-order valence-electron chi connectivity index (χ1n) is 7.78. The molecule has 0 fully saturated rings. The number of rotatable bonds is 8. The minimum absolute atomic E-state index is 0.145. The van der Waals surface area contributed by atoms with Crippen molar-refractivity contribution in [3.63, 3.8) is 0 Å². The summed E-state index contributed by atoms with van der Waals surface area (Å²) >= 11 is 0. The van der Waals surface area contributed by atoms with Gasteiger partial charge in [-0.3, -0.25) is 9.59 Å². The number of hydrogen-bond acceptors (Lipinski definition) is 5. The quantitative estimate of drug-likeness (QED) is 0.761. The van der Waals surface area contributed by atoms with E-state index in [-0.39, 0.29) is 36.3 Å². The summed E-state index contributed by atoms with van der Waals surface area (Å²) in [5.41, 5.74) is 0.858. The third-order valence-electron chi connectivity index (χ3n) is 3.54. The van der Waals surface area contributed by atoms with Gasteiger partial charge in [0.05, 0.1) is 25.5 Å². The first-order chi connectivity index (χ1) is 11.9. The largest absolute Gasteiger partial charge is 0.497 e. The van der Waals surface area contributed by atoms with E-state index >= 15 is 0 Å². The summed E-state index contributed by atoms with van der Waals surface area (Å²) in [4.78, 5) is 23.2. The number of carbonyl (C=O) groups excluding carboxylic acids is 1. The molecular weight excluding hydrogens is 326 g/mol. The Kier molecular flexibility index (Phi) is 6.05. The molecule has 2 rings (SSSR count). The third kappa shape index (κ3) is 5.00. The molecule has 7 heteroatoms. The van der Waals surface area contributed by atoms with Crippen LogP contribution in [-0.2, 0) is 11.2 Å². The van der Waals surface area contributed by atoms with E-state index in [9.17, 15) is 9.59 Å². The predicted octanol–water partition coefficient (Wildman–Crippen LogP) is 2.42. The van der Waals surface area contributed by atoms with Gasteiger partial charge in [0.25, 0.3) is 5.91 Å². The van der Waals surface area contributed by atoms with E-state index in [1.54, 1.807) is 38.3 Å². The van der Waals surface area contributed by atoms with Crippen molar-refractivity contribution < 1.29 is 28.6 Å². The Labute approximate surface area is 145 Å². The Morgan fingerprint density at radius 1 is 1.24 bits per heavy atom. The van der Waals surface area contributed by atoms with Crippen LogP contribution in [0, 0.1) is 6.92 Å². The van der Waals surface area contributed by atoms with Gasteiger partial charge in [0.2, 0.25) is 0 Å². The van der Waals surface area contributed by atoms with Gasteiger partial charge >= 0.3 is 5.97 Å². The average molecular weight is 347 g/mol. The Balaban J connectivity index is 1.92. The molecule has 1 heterocycles. The zero-order valence-electron chi connectivity index (χ0n) is 14.4. The molecule has 25 heavy (non-hydrogen) atoms. The normalized spacial score (nSPS) is 11.6. The van der Waals surface area contributed by atoms with E-state index in [1.807, 2.05) is 6.92 Å². The number of carboxylic acids is 1. The average Bonchev–Trinajstić information content (AvgIpc) is 2.93. The lowest BCUT2D eigenvalue weighted by atomic mass is 10.1. The van der Waals surface area contributed by atoms with Crippen LogP contribution in [0.2, 0.25) is 0 Å². The molecule has 1 atom stereocenters. The number of ether oxygens (including phenoxy) is 2. The number of methoxy groups -OCH3 is 1. The van der Waals surface area contributed by atoms with E-state index in [4.69, 9.17) is 19.0 Å². The van der Waals surface area contributed by atoms with Crippen molar-refractivity contribution in [3.05, 3.63) is 47.4 Å². The SMILES string of the molecule is COc1ccc(OC(C)CNC(=O)c2c(C)coc2CC(=O)O)cc1. The van der Waals surface area contributed by atoms with Crippen molar-refractivity contribution in [3.8, 4) is 11.5 Å². The van der Waals surface area contributed by atoms with Crippen LogP contribution in [0.15, 0.2) is 34.9 Å². The molecule has 1 aromatic carbocycles. The highest BCUT2D eigenvalue weighted by Crippen LogP contribution is 2.19. The Bertz CT molecular complexity index is 735. The lowest BCUT2D eigenvalue weighted by Crippen LogP contribution is -2.34. The minimum Gasteiger partial charge on any atom is -0.497 e. The fourth-order valence-corrected chi connectivity index (χ4v) is 2.32. The van der Waals surface area contributed by atoms with Gasteiger partial charge in [0.1, 0.15) is 29.8 Å². The molecule has 0 aliphatic rings. The molecule has 0 bridgehead atoms. The number of aliphatic carboxylic acids is 1. The monoisotopic (exact) mass is 347 g/mol. The molecule has 1 unspecified atom stereocenters. The van der Waals surface area contributed by atoms with Crippen molar-refractivity contribution >= 4 is 11.9 Å². The topological polar surface area (TPSA) is 98.0 Å². The molecule has 1 amide bonds. The van der Waals surface area contributed by atoms with Gasteiger partial charge in [-0.05, 0) is 38.1 Å². The fraction of sp³-hybridized carbons (Fsp3) is 0.333. The van der Waals surface area contributed by atoms with Crippen LogP contribution in [0.4, 0.5) is 0 Å². The zero-order valence-corrected chi connectivity index (χ0v) is 14.4. The second kappa shape index (κ2) is 8.23. The van der Waals surface area contributed by atoms with Crippen molar-refractivity contribution in [2.75, 3.05) is 13.7 Å². The number of amides is 1. The molecule has 0 saturated carbocycles. The maximum absolute atomic E-state index is 12.3. The molecule has 7 nitrogen and oxygen atoms in total. The third-order valence-corrected chi connectivity index (χ3v) is 3.54. The summed E-state index contributed by atoms with van der Waals surface area (Å²) in [7, 11) is 1.59. The molecule has 2 aromatic rings. The highest BCUT2D eigenvalue weighted by Gasteiger charge is 2.20. The smallest absolute Gasteiger partial charge is 0.311 e. The lowest BCUT2D eigenvalue weighted by Gasteiger charge is -2.16. The van der Waals surface area contributed by atoms with Crippen LogP contribution in [0.3, 0.4) is 0 Å². The first-order valence-corrected chi connectivity index (χ1v) is 7.78. The first kappa shape index (κ1) is 18.4. The summed E-state index contributed by atoms with van der Waals surface area (Å²) in [5.74, 6) is 0.0989. The number of furan rings is 1. The fourth-order valence-electron chi connectivity index (χ4n) is 2.32. The Morgan fingerprint density at radius 3 is 2.48 bits per heavy atom. The summed E-state index contributed by atoms with van der Waals surface area (Å²) < 4.78 is 16.0. The molecular formula is C18H21NO6. The summed E-state index contributed by atoms with van der Waals surface area (Å²) in [6.45, 7) is 3.79. The zero-order chi connectivity index (χ0) is 18.4. The molecule has 1 aromatic heterocycles. The number of nitrogens with one attached hydrogen (secondary N) is 1. The minimum atomic E-state index is -1.06. The standard InChI is InChI=1S/C18H21NO6/c1-11-10-24-15(8-16(20)21)17(11)18(22)19-9-12(2)25-14-6-4-13(23-3)5-7-14/h4-7,10,12H,8-9H2,1-3H3,(H,19,22)(H,20,21). The van der Waals surface area contributed by atoms with Crippen molar-refractivity contribution in [1.29, 1.82) is 0 Å². The second-order valence-corrected chi connectivity index (χ2v) is 5.60. The lowest BCUT2D eigenvalue weighted by molar-refractivity contribution is -0.136. The van der Waals surface area contributed by atoms with E-state index < -0.39 is 5.97 Å². The van der Waals surface area contributed by atoms with E-state index in [0.717, 1.165) is 5.75 Å². The molecule has 0 radical (unpaired) electrons. The van der Waals surface area contributed by atoms with Gasteiger partial charge in [0, 0.05) is 5.56 Å². The van der Waals surface area contributed by atoms with E-state index in [0.29, 0.717) is 11.3 Å². The number of hydrogen-bond donors (Lipinski definition) is 2. The van der Waals surface area contributed by atoms with Crippen LogP contribution in [0.25, 0.3) is 0 Å². The molecule has 2 N–H and O–H groups in total. The summed E-state index contributed by atoms with van der Waals surface area (Å²) in [6, 6.07) is 7.13. The van der Waals surface area contributed by atoms with Crippen LogP contribution in [-0.4, -0.2) is 36.7 Å². The second-order valence-electron chi connectivity index (χ2n) is 5.60. The number of benzene rings is 1. The maximum Gasteiger partial charge on any atom is 0.311 e. The maximum atomic E-state index is 12.3. The molecule has 134 valence electrons. The van der Waals surface area contributed by atoms with Gasteiger partial charge in [-0.15, -0.1) is 0 Å².